The molecule has 2 rings (SSSR count). The van der Waals surface area contributed by atoms with Crippen molar-refractivity contribution in [2.75, 3.05) is 6.61 Å². The Labute approximate surface area is 141 Å². The highest BCUT2D eigenvalue weighted by Crippen LogP contribution is 2.19. The summed E-state index contributed by atoms with van der Waals surface area (Å²) in [4.78, 5) is 27.4. The van der Waals surface area contributed by atoms with Crippen molar-refractivity contribution in [2.45, 2.75) is 45.8 Å². The number of amides is 1. The van der Waals surface area contributed by atoms with Crippen LogP contribution in [0.3, 0.4) is 0 Å². The van der Waals surface area contributed by atoms with Crippen LogP contribution < -0.4 is 5.32 Å². The molecule has 0 aliphatic heterocycles. The van der Waals surface area contributed by atoms with Crippen LogP contribution in [0.4, 0.5) is 4.79 Å². The summed E-state index contributed by atoms with van der Waals surface area (Å²) in [6.45, 7) is 7.29. The number of ether oxygens (including phenoxy) is 2. The number of esters is 1. The summed E-state index contributed by atoms with van der Waals surface area (Å²) >= 11 is 0. The lowest BCUT2D eigenvalue weighted by Gasteiger charge is -2.22. The van der Waals surface area contributed by atoms with E-state index in [1.165, 1.54) is 0 Å². The first-order valence-electron chi connectivity index (χ1n) is 8.01. The monoisotopic (exact) mass is 332 g/mol. The number of H-pyrrole nitrogens is 1. The lowest BCUT2D eigenvalue weighted by Crippen LogP contribution is -2.45. The molecule has 0 bridgehead atoms. The zero-order valence-corrected chi connectivity index (χ0v) is 14.5. The Morgan fingerprint density at radius 1 is 1.25 bits per heavy atom. The topological polar surface area (TPSA) is 80.4 Å². The Hall–Kier alpha value is -2.50. The first-order valence-corrected chi connectivity index (χ1v) is 8.01. The minimum atomic E-state index is -0.806. The lowest BCUT2D eigenvalue weighted by atomic mass is 10.1. The normalized spacial score (nSPS) is 12.7. The molecule has 0 aliphatic carbocycles. The van der Waals surface area contributed by atoms with E-state index in [2.05, 4.69) is 10.3 Å². The lowest BCUT2D eigenvalue weighted by molar-refractivity contribution is -0.145. The molecule has 1 unspecified atom stereocenters. The van der Waals surface area contributed by atoms with Crippen LogP contribution >= 0.6 is 0 Å². The molecule has 24 heavy (non-hydrogen) atoms. The maximum absolute atomic E-state index is 12.2. The van der Waals surface area contributed by atoms with E-state index in [-0.39, 0.29) is 6.61 Å². The standard InChI is InChI=1S/C18H24N2O4/c1-5-23-16(21)15(20-17(22)24-18(2,3)4)10-12-11-19-14-9-7-6-8-13(12)14/h6-9,11,15,19H,5,10H2,1-4H3,(H,20,22). The van der Waals surface area contributed by atoms with Gasteiger partial charge in [0.05, 0.1) is 6.61 Å². The van der Waals surface area contributed by atoms with E-state index in [1.807, 2.05) is 30.5 Å². The molecule has 1 amide bonds. The molecule has 1 aromatic carbocycles. The van der Waals surface area contributed by atoms with Gasteiger partial charge in [-0.05, 0) is 39.3 Å². The van der Waals surface area contributed by atoms with Gasteiger partial charge in [-0.3, -0.25) is 0 Å². The molecule has 0 radical (unpaired) electrons. The highest BCUT2D eigenvalue weighted by Gasteiger charge is 2.26. The third-order valence-corrected chi connectivity index (χ3v) is 3.36. The summed E-state index contributed by atoms with van der Waals surface area (Å²) < 4.78 is 10.3. The molecule has 2 N–H and O–H groups in total. The highest BCUT2D eigenvalue weighted by atomic mass is 16.6. The van der Waals surface area contributed by atoms with Crippen LogP contribution in [0.1, 0.15) is 33.3 Å². The van der Waals surface area contributed by atoms with Gasteiger partial charge >= 0.3 is 12.1 Å². The maximum Gasteiger partial charge on any atom is 0.408 e. The van der Waals surface area contributed by atoms with Crippen molar-refractivity contribution in [2.24, 2.45) is 0 Å². The number of fused-ring (bicyclic) bond motifs is 1. The van der Waals surface area contributed by atoms with Crippen LogP contribution in [0.15, 0.2) is 30.5 Å². The molecule has 0 spiro atoms. The Bertz CT molecular complexity index is 715. The molecule has 0 saturated carbocycles. The largest absolute Gasteiger partial charge is 0.464 e. The van der Waals surface area contributed by atoms with E-state index in [1.54, 1.807) is 27.7 Å². The molecular formula is C18H24N2O4. The van der Waals surface area contributed by atoms with Gasteiger partial charge < -0.3 is 19.8 Å². The number of alkyl carbamates (subject to hydrolysis) is 1. The van der Waals surface area contributed by atoms with Crippen molar-refractivity contribution in [1.82, 2.24) is 10.3 Å². The molecule has 6 heteroatoms. The van der Waals surface area contributed by atoms with Crippen molar-refractivity contribution in [3.05, 3.63) is 36.0 Å². The van der Waals surface area contributed by atoms with Crippen molar-refractivity contribution >= 4 is 23.0 Å². The number of carbonyl (C=O) groups is 2. The van der Waals surface area contributed by atoms with Crippen LogP contribution in [0, 0.1) is 0 Å². The molecule has 2 aromatic rings. The predicted octanol–water partition coefficient (Wildman–Crippen LogP) is 3.17. The average Bonchev–Trinajstić information content (AvgIpc) is 2.88. The van der Waals surface area contributed by atoms with Gasteiger partial charge in [0, 0.05) is 23.5 Å². The molecular weight excluding hydrogens is 308 g/mol. The van der Waals surface area contributed by atoms with E-state index in [0.717, 1.165) is 16.5 Å². The van der Waals surface area contributed by atoms with Crippen LogP contribution in [-0.4, -0.2) is 35.3 Å². The van der Waals surface area contributed by atoms with Crippen molar-refractivity contribution < 1.29 is 19.1 Å². The van der Waals surface area contributed by atoms with E-state index in [9.17, 15) is 9.59 Å². The van der Waals surface area contributed by atoms with Crippen LogP contribution in [0.25, 0.3) is 10.9 Å². The number of para-hydroxylation sites is 1. The number of aromatic nitrogens is 1. The maximum atomic E-state index is 12.2. The Morgan fingerprint density at radius 2 is 1.96 bits per heavy atom. The summed E-state index contributed by atoms with van der Waals surface area (Å²) in [5.41, 5.74) is 1.27. The SMILES string of the molecule is CCOC(=O)C(Cc1c[nH]c2ccccc12)NC(=O)OC(C)(C)C. The molecule has 6 nitrogen and oxygen atoms in total. The van der Waals surface area contributed by atoms with Gasteiger partial charge in [0.1, 0.15) is 11.6 Å². The van der Waals surface area contributed by atoms with Crippen molar-refractivity contribution in [3.8, 4) is 0 Å². The minimum absolute atomic E-state index is 0.249. The fourth-order valence-corrected chi connectivity index (χ4v) is 2.41. The second-order valence-electron chi connectivity index (χ2n) is 6.51. The van der Waals surface area contributed by atoms with Crippen molar-refractivity contribution in [3.63, 3.8) is 0 Å². The number of hydrogen-bond acceptors (Lipinski definition) is 4. The minimum Gasteiger partial charge on any atom is -0.464 e. The molecule has 0 aliphatic rings. The summed E-state index contributed by atoms with van der Waals surface area (Å²) in [7, 11) is 0. The van der Waals surface area contributed by atoms with E-state index in [0.29, 0.717) is 6.42 Å². The van der Waals surface area contributed by atoms with Gasteiger partial charge in [0.15, 0.2) is 0 Å². The third-order valence-electron chi connectivity index (χ3n) is 3.36. The smallest absolute Gasteiger partial charge is 0.408 e. The zero-order chi connectivity index (χ0) is 17.7. The number of aromatic amines is 1. The average molecular weight is 332 g/mol. The number of carbonyl (C=O) groups excluding carboxylic acids is 2. The van der Waals surface area contributed by atoms with Gasteiger partial charge in [-0.25, -0.2) is 9.59 Å². The summed E-state index contributed by atoms with van der Waals surface area (Å²) in [5, 5.41) is 3.62. The third kappa shape index (κ3) is 4.75. The van der Waals surface area contributed by atoms with Gasteiger partial charge in [0.25, 0.3) is 0 Å². The molecule has 1 heterocycles. The first kappa shape index (κ1) is 17.8. The predicted molar refractivity (Wildman–Crippen MR) is 91.8 cm³/mol. The molecule has 1 aromatic heterocycles. The number of nitrogens with one attached hydrogen (secondary N) is 2. The summed E-state index contributed by atoms with van der Waals surface area (Å²) in [6.07, 6.45) is 1.52. The second kappa shape index (κ2) is 7.38. The Morgan fingerprint density at radius 3 is 2.62 bits per heavy atom. The van der Waals surface area contributed by atoms with E-state index < -0.39 is 23.7 Å². The quantitative estimate of drug-likeness (QED) is 0.824. The van der Waals surface area contributed by atoms with Crippen LogP contribution in [-0.2, 0) is 20.7 Å². The van der Waals surface area contributed by atoms with Gasteiger partial charge in [-0.15, -0.1) is 0 Å². The zero-order valence-electron chi connectivity index (χ0n) is 14.5. The fraction of sp³-hybridized carbons (Fsp3) is 0.444. The van der Waals surface area contributed by atoms with E-state index in [4.69, 9.17) is 9.47 Å². The molecule has 1 atom stereocenters. The molecule has 130 valence electrons. The summed E-state index contributed by atoms with van der Waals surface area (Å²) in [6, 6.07) is 6.99. The number of rotatable bonds is 5. The molecule has 0 saturated heterocycles. The Kier molecular flexibility index (Phi) is 5.49. The summed E-state index contributed by atoms with van der Waals surface area (Å²) in [5.74, 6) is -0.478. The van der Waals surface area contributed by atoms with Gasteiger partial charge in [-0.1, -0.05) is 18.2 Å². The van der Waals surface area contributed by atoms with E-state index >= 15 is 0 Å². The van der Waals surface area contributed by atoms with Crippen molar-refractivity contribution in [1.29, 1.82) is 0 Å². The highest BCUT2D eigenvalue weighted by molar-refractivity contribution is 5.86. The van der Waals surface area contributed by atoms with Gasteiger partial charge in [0.2, 0.25) is 0 Å². The number of benzene rings is 1. The molecule has 0 fully saturated rings. The fourth-order valence-electron chi connectivity index (χ4n) is 2.41. The first-order chi connectivity index (χ1) is 11.3. The second-order valence-corrected chi connectivity index (χ2v) is 6.51. The van der Waals surface area contributed by atoms with Crippen LogP contribution in [0.2, 0.25) is 0 Å². The van der Waals surface area contributed by atoms with Crippen LogP contribution in [0.5, 0.6) is 0 Å². The number of hydrogen-bond donors (Lipinski definition) is 2. The van der Waals surface area contributed by atoms with Gasteiger partial charge in [-0.2, -0.15) is 0 Å². The Balaban J connectivity index is 2.17.